The van der Waals surface area contributed by atoms with E-state index in [0.29, 0.717) is 13.1 Å². The zero-order valence-corrected chi connectivity index (χ0v) is 18.0. The molecule has 9 nitrogen and oxygen atoms in total. The summed E-state index contributed by atoms with van der Waals surface area (Å²) >= 11 is 6.37. The van der Waals surface area contributed by atoms with E-state index >= 15 is 4.39 Å². The molecule has 178 valence electrons. The predicted octanol–water partition coefficient (Wildman–Crippen LogP) is 1.84. The van der Waals surface area contributed by atoms with Crippen molar-refractivity contribution in [1.29, 1.82) is 5.26 Å². The third kappa shape index (κ3) is 4.00. The largest absolute Gasteiger partial charge is 0.479 e. The fourth-order valence-electron chi connectivity index (χ4n) is 3.56. The first kappa shape index (κ1) is 26.0. The molecule has 0 bridgehead atoms. The van der Waals surface area contributed by atoms with Gasteiger partial charge in [-0.2, -0.15) is 18.4 Å². The second-order valence-corrected chi connectivity index (χ2v) is 7.97. The summed E-state index contributed by atoms with van der Waals surface area (Å²) in [4.78, 5) is 46.5. The van der Waals surface area contributed by atoms with Gasteiger partial charge in [0.1, 0.15) is 29.3 Å². The van der Waals surface area contributed by atoms with E-state index < -0.39 is 69.2 Å². The molecule has 3 atom stereocenters. The molecule has 0 aliphatic heterocycles. The second kappa shape index (κ2) is 8.60. The number of hydrogen-bond donors (Lipinski definition) is 1. The Morgan fingerprint density at radius 2 is 2.00 bits per heavy atom. The van der Waals surface area contributed by atoms with E-state index in [1.165, 1.54) is 6.07 Å². The van der Waals surface area contributed by atoms with E-state index in [4.69, 9.17) is 21.6 Å². The van der Waals surface area contributed by atoms with Crippen molar-refractivity contribution < 1.29 is 37.0 Å². The minimum atomic E-state index is -5.10. The van der Waals surface area contributed by atoms with Gasteiger partial charge in [0.15, 0.2) is 0 Å². The van der Waals surface area contributed by atoms with Gasteiger partial charge in [0.05, 0.1) is 11.8 Å². The topological polar surface area (TPSA) is 131 Å². The number of halogens is 5. The molecule has 0 fully saturated rings. The van der Waals surface area contributed by atoms with Crippen LogP contribution in [0.25, 0.3) is 5.70 Å². The van der Waals surface area contributed by atoms with E-state index in [-0.39, 0.29) is 21.5 Å². The number of aromatic nitrogens is 2. The average molecular weight is 494 g/mol. The van der Waals surface area contributed by atoms with Gasteiger partial charge in [-0.15, -0.1) is 11.6 Å². The lowest BCUT2D eigenvalue weighted by Crippen LogP contribution is -2.59. The lowest BCUT2D eigenvalue weighted by Gasteiger charge is -2.44. The predicted molar refractivity (Wildman–Crippen MR) is 105 cm³/mol. The van der Waals surface area contributed by atoms with Crippen LogP contribution in [0.5, 0.6) is 0 Å². The number of nitrogens with zero attached hydrogens (tertiary/aromatic N) is 3. The summed E-state index contributed by atoms with van der Waals surface area (Å²) < 4.78 is 60.2. The minimum absolute atomic E-state index is 0.0193. The van der Waals surface area contributed by atoms with Crippen LogP contribution >= 0.6 is 11.6 Å². The standard InChI is InChI=1S/C19H16ClF4N3O6/c1-9(8-28)13-14(21)10(7-18(15(30)31,17(13,2)20)33-5-4-25)27-12(29)6-11(19(22,23)24)26(3)16(27)32/h6-9H,5H2,1-3H3,(H,30,31). The molecule has 1 aromatic rings. The number of allylic oxidation sites excluding steroid dienone is 2. The first-order valence-corrected chi connectivity index (χ1v) is 9.38. The van der Waals surface area contributed by atoms with Gasteiger partial charge in [-0.3, -0.25) is 9.36 Å². The van der Waals surface area contributed by atoms with Crippen LogP contribution in [0.4, 0.5) is 17.6 Å². The highest BCUT2D eigenvalue weighted by Gasteiger charge is 2.60. The molecule has 0 spiro atoms. The molecule has 33 heavy (non-hydrogen) atoms. The van der Waals surface area contributed by atoms with Crippen molar-refractivity contribution in [2.45, 2.75) is 30.5 Å². The number of alkyl halides is 4. The molecule has 0 radical (unpaired) electrons. The van der Waals surface area contributed by atoms with Crippen molar-refractivity contribution in [3.05, 3.63) is 50.1 Å². The SMILES string of the molecule is CC(C=O)C1=C(F)C(n2c(=O)cc(C(F)(F)F)n(C)c2=O)=CC(OCC#N)(C(=O)O)C1(C)Cl. The van der Waals surface area contributed by atoms with Gasteiger partial charge < -0.3 is 14.6 Å². The molecule has 14 heteroatoms. The maximum Gasteiger partial charge on any atom is 0.431 e. The van der Waals surface area contributed by atoms with Gasteiger partial charge >= 0.3 is 17.8 Å². The minimum Gasteiger partial charge on any atom is -0.479 e. The Morgan fingerprint density at radius 1 is 1.42 bits per heavy atom. The molecule has 0 saturated heterocycles. The maximum absolute atomic E-state index is 15.6. The van der Waals surface area contributed by atoms with Crippen LogP contribution in [0, 0.1) is 17.2 Å². The maximum atomic E-state index is 15.6. The van der Waals surface area contributed by atoms with Crippen LogP contribution in [-0.2, 0) is 27.5 Å². The lowest BCUT2D eigenvalue weighted by molar-refractivity contribution is -0.161. The number of carboxylic acid groups (broad SMARTS) is 1. The van der Waals surface area contributed by atoms with Gasteiger partial charge in [-0.1, -0.05) is 6.92 Å². The van der Waals surface area contributed by atoms with Gasteiger partial charge in [0, 0.05) is 24.6 Å². The Morgan fingerprint density at radius 3 is 2.45 bits per heavy atom. The van der Waals surface area contributed by atoms with Gasteiger partial charge in [0.25, 0.3) is 5.56 Å². The van der Waals surface area contributed by atoms with Crippen molar-refractivity contribution in [3.63, 3.8) is 0 Å². The number of carbonyl (C=O) groups excluding carboxylic acids is 1. The molecule has 1 aromatic heterocycles. The molecule has 1 N–H and O–H groups in total. The Hall–Kier alpha value is -3.24. The molecule has 2 rings (SSSR count). The van der Waals surface area contributed by atoms with Gasteiger partial charge in [0.2, 0.25) is 5.60 Å². The Kier molecular flexibility index (Phi) is 6.78. The van der Waals surface area contributed by atoms with Crippen molar-refractivity contribution >= 4 is 29.6 Å². The smallest absolute Gasteiger partial charge is 0.431 e. The van der Waals surface area contributed by atoms with Gasteiger partial charge in [-0.05, 0) is 13.0 Å². The summed E-state index contributed by atoms with van der Waals surface area (Å²) in [6.07, 6.45) is -4.48. The van der Waals surface area contributed by atoms with Crippen LogP contribution < -0.4 is 11.2 Å². The number of carboxylic acids is 1. The highest BCUT2D eigenvalue weighted by Crippen LogP contribution is 2.50. The van der Waals surface area contributed by atoms with Crippen molar-refractivity contribution in [2.75, 3.05) is 6.61 Å². The summed E-state index contributed by atoms with van der Waals surface area (Å²) in [5.74, 6) is -4.79. The first-order valence-electron chi connectivity index (χ1n) is 9.01. The molecular formula is C19H16ClF4N3O6. The molecular weight excluding hydrogens is 478 g/mol. The highest BCUT2D eigenvalue weighted by atomic mass is 35.5. The molecule has 1 heterocycles. The molecule has 0 amide bonds. The van der Waals surface area contributed by atoms with E-state index in [1.54, 1.807) is 0 Å². The Balaban J connectivity index is 3.08. The van der Waals surface area contributed by atoms with Crippen LogP contribution in [0.1, 0.15) is 19.5 Å². The monoisotopic (exact) mass is 493 g/mol. The fraction of sp³-hybridized carbons (Fsp3) is 0.421. The van der Waals surface area contributed by atoms with Crippen molar-refractivity contribution in [2.24, 2.45) is 13.0 Å². The van der Waals surface area contributed by atoms with Crippen molar-refractivity contribution in [3.8, 4) is 6.07 Å². The number of aliphatic carboxylic acids is 1. The lowest BCUT2D eigenvalue weighted by atomic mass is 9.73. The summed E-state index contributed by atoms with van der Waals surface area (Å²) in [6, 6.07) is 1.52. The summed E-state index contributed by atoms with van der Waals surface area (Å²) in [5.41, 5.74) is -9.55. The molecule has 1 aliphatic rings. The van der Waals surface area contributed by atoms with Crippen LogP contribution in [0.3, 0.4) is 0 Å². The number of carbonyl (C=O) groups is 2. The zero-order chi connectivity index (χ0) is 25.5. The average Bonchev–Trinajstić information content (AvgIpc) is 2.70. The molecule has 0 aromatic carbocycles. The normalized spacial score (nSPS) is 24.2. The first-order chi connectivity index (χ1) is 15.1. The molecule has 1 aliphatic carbocycles. The van der Waals surface area contributed by atoms with E-state index in [0.717, 1.165) is 13.8 Å². The summed E-state index contributed by atoms with van der Waals surface area (Å²) in [7, 11) is 0.670. The summed E-state index contributed by atoms with van der Waals surface area (Å²) in [5, 5.41) is 18.8. The van der Waals surface area contributed by atoms with Crippen molar-refractivity contribution in [1.82, 2.24) is 9.13 Å². The van der Waals surface area contributed by atoms with E-state index in [1.807, 2.05) is 0 Å². The fourth-order valence-corrected chi connectivity index (χ4v) is 4.01. The van der Waals surface area contributed by atoms with E-state index in [2.05, 4.69) is 0 Å². The van der Waals surface area contributed by atoms with E-state index in [9.17, 15) is 37.5 Å². The third-order valence-electron chi connectivity index (χ3n) is 5.20. The Bertz CT molecular complexity index is 1240. The van der Waals surface area contributed by atoms with Crippen LogP contribution in [0.2, 0.25) is 0 Å². The number of rotatable bonds is 6. The number of hydrogen-bond acceptors (Lipinski definition) is 6. The summed E-state index contributed by atoms with van der Waals surface area (Å²) in [6.45, 7) is 1.22. The Labute approximate surface area is 187 Å². The molecule has 3 unspecified atom stereocenters. The zero-order valence-electron chi connectivity index (χ0n) is 17.2. The quantitative estimate of drug-likeness (QED) is 0.363. The van der Waals surface area contributed by atoms with Gasteiger partial charge in [-0.25, -0.2) is 18.5 Å². The number of aldehydes is 1. The van der Waals surface area contributed by atoms with Crippen LogP contribution in [0.15, 0.2) is 33.1 Å². The number of ether oxygens (including phenoxy) is 1. The molecule has 0 saturated carbocycles. The van der Waals surface area contributed by atoms with Crippen LogP contribution in [-0.4, -0.2) is 43.6 Å². The number of nitriles is 1. The second-order valence-electron chi connectivity index (χ2n) is 7.22. The highest BCUT2D eigenvalue weighted by molar-refractivity contribution is 6.29. The third-order valence-corrected chi connectivity index (χ3v) is 5.68.